The fourth-order valence-corrected chi connectivity index (χ4v) is 2.02. The van der Waals surface area contributed by atoms with Crippen molar-refractivity contribution in [2.75, 3.05) is 11.1 Å². The number of hydrogen-bond donors (Lipinski definition) is 2. The molecule has 0 radical (unpaired) electrons. The van der Waals surface area contributed by atoms with Crippen molar-refractivity contribution in [2.24, 2.45) is 0 Å². The third-order valence-electron chi connectivity index (χ3n) is 3.04. The minimum Gasteiger partial charge on any atom is -0.398 e. The molecule has 0 unspecified atom stereocenters. The highest BCUT2D eigenvalue weighted by Crippen LogP contribution is 2.20. The number of hydrogen-bond acceptors (Lipinski definition) is 4. The van der Waals surface area contributed by atoms with Crippen LogP contribution < -0.4 is 11.1 Å². The molecule has 4 heteroatoms. The lowest BCUT2D eigenvalue weighted by atomic mass is 10.2. The topological polar surface area (TPSA) is 63.8 Å². The number of nitrogen functional groups attached to an aromatic ring is 1. The standard InChI is InChI=1S/C15H14N4/c16-13-7-3-1-5-11(13)9-17-15-12-6-2-4-8-14(12)18-10-19-15/h1-8,10H,9,16H2,(H,17,18,19). The molecule has 0 saturated carbocycles. The Morgan fingerprint density at radius 1 is 0.947 bits per heavy atom. The Morgan fingerprint density at radius 3 is 2.63 bits per heavy atom. The fraction of sp³-hybridized carbons (Fsp3) is 0.0667. The van der Waals surface area contributed by atoms with E-state index in [1.807, 2.05) is 48.5 Å². The second-order valence-electron chi connectivity index (χ2n) is 4.29. The number of anilines is 2. The summed E-state index contributed by atoms with van der Waals surface area (Å²) in [6.07, 6.45) is 1.57. The van der Waals surface area contributed by atoms with Gasteiger partial charge in [0.1, 0.15) is 12.1 Å². The van der Waals surface area contributed by atoms with Gasteiger partial charge in [-0.05, 0) is 23.8 Å². The van der Waals surface area contributed by atoms with Gasteiger partial charge in [0, 0.05) is 17.6 Å². The van der Waals surface area contributed by atoms with Gasteiger partial charge >= 0.3 is 0 Å². The third-order valence-corrected chi connectivity index (χ3v) is 3.04. The first-order valence-electron chi connectivity index (χ1n) is 6.11. The van der Waals surface area contributed by atoms with Gasteiger partial charge in [0.2, 0.25) is 0 Å². The molecule has 0 atom stereocenters. The highest BCUT2D eigenvalue weighted by Gasteiger charge is 2.03. The van der Waals surface area contributed by atoms with Crippen molar-refractivity contribution in [2.45, 2.75) is 6.54 Å². The smallest absolute Gasteiger partial charge is 0.137 e. The molecule has 3 rings (SSSR count). The molecule has 0 saturated heterocycles. The Morgan fingerprint density at radius 2 is 1.74 bits per heavy atom. The summed E-state index contributed by atoms with van der Waals surface area (Å²) in [4.78, 5) is 8.53. The van der Waals surface area contributed by atoms with Crippen LogP contribution >= 0.6 is 0 Å². The van der Waals surface area contributed by atoms with E-state index < -0.39 is 0 Å². The van der Waals surface area contributed by atoms with Crippen molar-refractivity contribution >= 4 is 22.4 Å². The predicted octanol–water partition coefficient (Wildman–Crippen LogP) is 2.82. The molecular weight excluding hydrogens is 236 g/mol. The van der Waals surface area contributed by atoms with Gasteiger partial charge in [-0.2, -0.15) is 0 Å². The summed E-state index contributed by atoms with van der Waals surface area (Å²) in [5.74, 6) is 0.828. The van der Waals surface area contributed by atoms with Crippen molar-refractivity contribution in [3.63, 3.8) is 0 Å². The number of nitrogens with two attached hydrogens (primary N) is 1. The number of fused-ring (bicyclic) bond motifs is 1. The fourth-order valence-electron chi connectivity index (χ4n) is 2.02. The van der Waals surface area contributed by atoms with Crippen LogP contribution in [0.1, 0.15) is 5.56 Å². The molecule has 3 aromatic rings. The van der Waals surface area contributed by atoms with Crippen molar-refractivity contribution in [1.82, 2.24) is 9.97 Å². The normalized spacial score (nSPS) is 10.5. The third kappa shape index (κ3) is 2.33. The van der Waals surface area contributed by atoms with Crippen LogP contribution in [0.5, 0.6) is 0 Å². The molecule has 94 valence electrons. The molecule has 2 aromatic carbocycles. The Kier molecular flexibility index (Phi) is 2.98. The summed E-state index contributed by atoms with van der Waals surface area (Å²) >= 11 is 0. The number of aromatic nitrogens is 2. The van der Waals surface area contributed by atoms with Crippen LogP contribution in [0, 0.1) is 0 Å². The van der Waals surface area contributed by atoms with E-state index in [2.05, 4.69) is 15.3 Å². The molecule has 0 amide bonds. The number of benzene rings is 2. The Bertz CT molecular complexity index is 704. The summed E-state index contributed by atoms with van der Waals surface area (Å²) in [6.45, 7) is 0.647. The first-order chi connectivity index (χ1) is 9.34. The van der Waals surface area contributed by atoms with E-state index in [1.54, 1.807) is 6.33 Å². The van der Waals surface area contributed by atoms with Gasteiger partial charge in [0.05, 0.1) is 5.52 Å². The molecular formula is C15H14N4. The highest BCUT2D eigenvalue weighted by molar-refractivity contribution is 5.88. The van der Waals surface area contributed by atoms with E-state index in [9.17, 15) is 0 Å². The van der Waals surface area contributed by atoms with Crippen LogP contribution in [0.2, 0.25) is 0 Å². The quantitative estimate of drug-likeness (QED) is 0.702. The molecule has 0 fully saturated rings. The largest absolute Gasteiger partial charge is 0.398 e. The molecule has 0 aliphatic carbocycles. The lowest BCUT2D eigenvalue weighted by Gasteiger charge is -2.09. The molecule has 4 nitrogen and oxygen atoms in total. The van der Waals surface area contributed by atoms with Crippen LogP contribution in [-0.2, 0) is 6.54 Å². The van der Waals surface area contributed by atoms with E-state index in [4.69, 9.17) is 5.73 Å². The van der Waals surface area contributed by atoms with E-state index in [0.717, 1.165) is 28.0 Å². The zero-order chi connectivity index (χ0) is 13.1. The molecule has 3 N–H and O–H groups in total. The van der Waals surface area contributed by atoms with Gasteiger partial charge in [-0.15, -0.1) is 0 Å². The van der Waals surface area contributed by atoms with E-state index >= 15 is 0 Å². The molecule has 0 bridgehead atoms. The van der Waals surface area contributed by atoms with Gasteiger partial charge in [-0.25, -0.2) is 9.97 Å². The van der Waals surface area contributed by atoms with Gasteiger partial charge in [-0.3, -0.25) is 0 Å². The van der Waals surface area contributed by atoms with Crippen LogP contribution in [-0.4, -0.2) is 9.97 Å². The van der Waals surface area contributed by atoms with Gasteiger partial charge < -0.3 is 11.1 Å². The zero-order valence-electron chi connectivity index (χ0n) is 10.4. The zero-order valence-corrected chi connectivity index (χ0v) is 10.4. The lowest BCUT2D eigenvalue weighted by Crippen LogP contribution is -2.04. The molecule has 0 aliphatic heterocycles. The first kappa shape index (κ1) is 11.5. The molecule has 0 spiro atoms. The predicted molar refractivity (Wildman–Crippen MR) is 77.7 cm³/mol. The molecule has 1 aromatic heterocycles. The van der Waals surface area contributed by atoms with Crippen molar-refractivity contribution < 1.29 is 0 Å². The summed E-state index contributed by atoms with van der Waals surface area (Å²) in [5.41, 5.74) is 8.70. The number of nitrogens with zero attached hydrogens (tertiary/aromatic N) is 2. The second-order valence-corrected chi connectivity index (χ2v) is 4.29. The second kappa shape index (κ2) is 4.94. The average molecular weight is 250 g/mol. The first-order valence-corrected chi connectivity index (χ1v) is 6.11. The Labute approximate surface area is 111 Å². The molecule has 1 heterocycles. The molecule has 19 heavy (non-hydrogen) atoms. The van der Waals surface area contributed by atoms with Gasteiger partial charge in [0.25, 0.3) is 0 Å². The lowest BCUT2D eigenvalue weighted by molar-refractivity contribution is 1.11. The summed E-state index contributed by atoms with van der Waals surface area (Å²) < 4.78 is 0. The summed E-state index contributed by atoms with van der Waals surface area (Å²) in [7, 11) is 0. The summed E-state index contributed by atoms with van der Waals surface area (Å²) in [6, 6.07) is 15.7. The minimum atomic E-state index is 0.647. The van der Waals surface area contributed by atoms with E-state index in [0.29, 0.717) is 6.54 Å². The van der Waals surface area contributed by atoms with Crippen LogP contribution in [0.15, 0.2) is 54.9 Å². The number of rotatable bonds is 3. The van der Waals surface area contributed by atoms with Crippen molar-refractivity contribution in [3.05, 3.63) is 60.4 Å². The number of para-hydroxylation sites is 2. The highest BCUT2D eigenvalue weighted by atomic mass is 15.0. The van der Waals surface area contributed by atoms with Crippen molar-refractivity contribution in [1.29, 1.82) is 0 Å². The maximum atomic E-state index is 5.92. The Hall–Kier alpha value is -2.62. The SMILES string of the molecule is Nc1ccccc1CNc1ncnc2ccccc12. The van der Waals surface area contributed by atoms with Crippen LogP contribution in [0.3, 0.4) is 0 Å². The van der Waals surface area contributed by atoms with Gasteiger partial charge in [0.15, 0.2) is 0 Å². The maximum Gasteiger partial charge on any atom is 0.137 e. The van der Waals surface area contributed by atoms with E-state index in [1.165, 1.54) is 0 Å². The maximum absolute atomic E-state index is 5.92. The Balaban J connectivity index is 1.88. The summed E-state index contributed by atoms with van der Waals surface area (Å²) in [5, 5.41) is 4.33. The molecule has 0 aliphatic rings. The monoisotopic (exact) mass is 250 g/mol. The average Bonchev–Trinajstić information content (AvgIpc) is 2.46. The van der Waals surface area contributed by atoms with Crippen molar-refractivity contribution in [3.8, 4) is 0 Å². The van der Waals surface area contributed by atoms with Gasteiger partial charge in [-0.1, -0.05) is 30.3 Å². The number of nitrogens with one attached hydrogen (secondary N) is 1. The van der Waals surface area contributed by atoms with E-state index in [-0.39, 0.29) is 0 Å². The van der Waals surface area contributed by atoms with Crippen LogP contribution in [0.4, 0.5) is 11.5 Å². The van der Waals surface area contributed by atoms with Crippen LogP contribution in [0.25, 0.3) is 10.9 Å². The minimum absolute atomic E-state index is 0.647.